The average molecular weight is 325 g/mol. The van der Waals surface area contributed by atoms with Crippen LogP contribution in [0, 0.1) is 5.92 Å². The van der Waals surface area contributed by atoms with Crippen molar-refractivity contribution in [2.75, 3.05) is 12.4 Å². The van der Waals surface area contributed by atoms with Crippen LogP contribution in [0.4, 0.5) is 5.00 Å². The minimum absolute atomic E-state index is 0.116. The Hall–Kier alpha value is -1.89. The SMILES string of the molecule is COC(=O)c1c(NC(=O)CCC(=O)O)sc2c1CCC(C)C2. The summed E-state index contributed by atoms with van der Waals surface area (Å²) in [7, 11) is 1.31. The lowest BCUT2D eigenvalue weighted by atomic mass is 9.88. The molecule has 120 valence electrons. The monoisotopic (exact) mass is 325 g/mol. The number of esters is 1. The van der Waals surface area contributed by atoms with Crippen LogP contribution >= 0.6 is 11.3 Å². The van der Waals surface area contributed by atoms with Gasteiger partial charge in [-0.25, -0.2) is 4.79 Å². The fourth-order valence-corrected chi connectivity index (χ4v) is 3.98. The molecule has 0 bridgehead atoms. The minimum Gasteiger partial charge on any atom is -0.481 e. The molecule has 1 atom stereocenters. The highest BCUT2D eigenvalue weighted by Crippen LogP contribution is 2.40. The van der Waals surface area contributed by atoms with Gasteiger partial charge in [-0.3, -0.25) is 9.59 Å². The number of rotatable bonds is 5. The van der Waals surface area contributed by atoms with Crippen LogP contribution in [0.3, 0.4) is 0 Å². The molecule has 0 fully saturated rings. The number of carboxylic acid groups (broad SMARTS) is 1. The largest absolute Gasteiger partial charge is 0.481 e. The summed E-state index contributed by atoms with van der Waals surface area (Å²) in [6, 6.07) is 0. The van der Waals surface area contributed by atoms with Crippen molar-refractivity contribution >= 4 is 34.2 Å². The van der Waals surface area contributed by atoms with Gasteiger partial charge < -0.3 is 15.2 Å². The lowest BCUT2D eigenvalue weighted by molar-refractivity contribution is -0.138. The summed E-state index contributed by atoms with van der Waals surface area (Å²) >= 11 is 1.39. The zero-order chi connectivity index (χ0) is 16.3. The molecule has 0 saturated heterocycles. The van der Waals surface area contributed by atoms with E-state index in [2.05, 4.69) is 12.2 Å². The van der Waals surface area contributed by atoms with Crippen LogP contribution in [0.15, 0.2) is 0 Å². The summed E-state index contributed by atoms with van der Waals surface area (Å²) in [5, 5.41) is 11.8. The predicted molar refractivity (Wildman–Crippen MR) is 82.3 cm³/mol. The number of carbonyl (C=O) groups excluding carboxylic acids is 2. The summed E-state index contributed by atoms with van der Waals surface area (Å²) in [5.41, 5.74) is 1.39. The Kier molecular flexibility index (Phi) is 5.18. The molecule has 7 heteroatoms. The highest BCUT2D eigenvalue weighted by Gasteiger charge is 2.28. The van der Waals surface area contributed by atoms with E-state index >= 15 is 0 Å². The van der Waals surface area contributed by atoms with Crippen LogP contribution in [0.5, 0.6) is 0 Å². The molecule has 1 aromatic heterocycles. The Morgan fingerprint density at radius 2 is 2.09 bits per heavy atom. The first-order valence-corrected chi connectivity index (χ1v) is 7.98. The third-order valence-corrected chi connectivity index (χ3v) is 4.89. The number of ether oxygens (including phenoxy) is 1. The van der Waals surface area contributed by atoms with Gasteiger partial charge in [0.05, 0.1) is 19.1 Å². The third kappa shape index (κ3) is 3.65. The molecule has 1 aliphatic rings. The molecule has 0 aromatic carbocycles. The van der Waals surface area contributed by atoms with E-state index in [9.17, 15) is 14.4 Å². The molecule has 0 spiro atoms. The molecule has 1 unspecified atom stereocenters. The van der Waals surface area contributed by atoms with Gasteiger partial charge in [0.15, 0.2) is 0 Å². The standard InChI is InChI=1S/C15H19NO5S/c1-8-3-4-9-10(7-8)22-14(13(9)15(20)21-2)16-11(17)5-6-12(18)19/h8H,3-7H2,1-2H3,(H,16,17)(H,18,19). The lowest BCUT2D eigenvalue weighted by Gasteiger charge is -2.18. The third-order valence-electron chi connectivity index (χ3n) is 3.72. The van der Waals surface area contributed by atoms with Gasteiger partial charge in [-0.2, -0.15) is 0 Å². The van der Waals surface area contributed by atoms with Crippen molar-refractivity contribution in [1.82, 2.24) is 0 Å². The number of aliphatic carboxylic acids is 1. The van der Waals surface area contributed by atoms with Gasteiger partial charge in [-0.15, -0.1) is 11.3 Å². The molecule has 22 heavy (non-hydrogen) atoms. The van der Waals surface area contributed by atoms with Crippen molar-refractivity contribution in [3.63, 3.8) is 0 Å². The number of carbonyl (C=O) groups is 3. The first kappa shape index (κ1) is 16.5. The van der Waals surface area contributed by atoms with E-state index in [-0.39, 0.29) is 12.8 Å². The van der Waals surface area contributed by atoms with Crippen LogP contribution in [0.1, 0.15) is 47.0 Å². The fourth-order valence-electron chi connectivity index (χ4n) is 2.57. The number of thiophene rings is 1. The van der Waals surface area contributed by atoms with Crippen molar-refractivity contribution < 1.29 is 24.2 Å². The maximum absolute atomic E-state index is 12.0. The molecule has 1 amide bonds. The zero-order valence-corrected chi connectivity index (χ0v) is 13.4. The number of carboxylic acids is 1. The number of amides is 1. The smallest absolute Gasteiger partial charge is 0.341 e. The molecule has 1 aromatic rings. The van der Waals surface area contributed by atoms with Gasteiger partial charge in [0, 0.05) is 11.3 Å². The van der Waals surface area contributed by atoms with Crippen molar-refractivity contribution in [2.45, 2.75) is 39.0 Å². The topological polar surface area (TPSA) is 92.7 Å². The Morgan fingerprint density at radius 1 is 1.36 bits per heavy atom. The van der Waals surface area contributed by atoms with Gasteiger partial charge in [-0.05, 0) is 30.7 Å². The quantitative estimate of drug-likeness (QED) is 0.811. The first-order valence-electron chi connectivity index (χ1n) is 7.16. The average Bonchev–Trinajstić information content (AvgIpc) is 2.81. The van der Waals surface area contributed by atoms with E-state index < -0.39 is 17.8 Å². The fraction of sp³-hybridized carbons (Fsp3) is 0.533. The van der Waals surface area contributed by atoms with Crippen LogP contribution < -0.4 is 5.32 Å². The van der Waals surface area contributed by atoms with Crippen molar-refractivity contribution in [3.05, 3.63) is 16.0 Å². The summed E-state index contributed by atoms with van der Waals surface area (Å²) in [6.45, 7) is 2.16. The Labute approximate surface area is 132 Å². The number of nitrogens with one attached hydrogen (secondary N) is 1. The Balaban J connectivity index is 2.24. The first-order chi connectivity index (χ1) is 10.4. The van der Waals surface area contributed by atoms with E-state index in [1.807, 2.05) is 0 Å². The molecular weight excluding hydrogens is 306 g/mol. The van der Waals surface area contributed by atoms with Crippen LogP contribution in [0.2, 0.25) is 0 Å². The molecule has 1 aliphatic carbocycles. The normalized spacial score (nSPS) is 16.7. The molecule has 0 saturated carbocycles. The second-order valence-electron chi connectivity index (χ2n) is 5.49. The van der Waals surface area contributed by atoms with E-state index in [0.29, 0.717) is 16.5 Å². The van der Waals surface area contributed by atoms with Crippen molar-refractivity contribution in [1.29, 1.82) is 0 Å². The molecule has 1 heterocycles. The Morgan fingerprint density at radius 3 is 2.73 bits per heavy atom. The predicted octanol–water partition coefficient (Wildman–Crippen LogP) is 2.46. The van der Waals surface area contributed by atoms with Gasteiger partial charge in [-0.1, -0.05) is 6.92 Å². The van der Waals surface area contributed by atoms with Crippen molar-refractivity contribution in [2.24, 2.45) is 5.92 Å². The number of methoxy groups -OCH3 is 1. The summed E-state index contributed by atoms with van der Waals surface area (Å²) in [4.78, 5) is 35.5. The van der Waals surface area contributed by atoms with E-state index in [1.165, 1.54) is 18.4 Å². The zero-order valence-electron chi connectivity index (χ0n) is 12.6. The maximum Gasteiger partial charge on any atom is 0.341 e. The highest BCUT2D eigenvalue weighted by atomic mass is 32.1. The summed E-state index contributed by atoms with van der Waals surface area (Å²) in [5.74, 6) is -1.34. The number of fused-ring (bicyclic) bond motifs is 1. The van der Waals surface area contributed by atoms with Gasteiger partial charge in [0.1, 0.15) is 5.00 Å². The van der Waals surface area contributed by atoms with Crippen LogP contribution in [-0.2, 0) is 27.2 Å². The highest BCUT2D eigenvalue weighted by molar-refractivity contribution is 7.17. The van der Waals surface area contributed by atoms with Gasteiger partial charge >= 0.3 is 11.9 Å². The second kappa shape index (κ2) is 6.91. The van der Waals surface area contributed by atoms with Crippen molar-refractivity contribution in [3.8, 4) is 0 Å². The molecule has 2 N–H and O–H groups in total. The number of anilines is 1. The Bertz CT molecular complexity index is 607. The van der Waals surface area contributed by atoms with E-state index in [1.54, 1.807) is 0 Å². The van der Waals surface area contributed by atoms with Crippen LogP contribution in [0.25, 0.3) is 0 Å². The van der Waals surface area contributed by atoms with E-state index in [0.717, 1.165) is 29.7 Å². The van der Waals surface area contributed by atoms with Gasteiger partial charge in [0.2, 0.25) is 5.91 Å². The second-order valence-corrected chi connectivity index (χ2v) is 6.59. The maximum atomic E-state index is 12.0. The molecular formula is C15H19NO5S. The number of hydrogen-bond donors (Lipinski definition) is 2. The molecule has 0 radical (unpaired) electrons. The van der Waals surface area contributed by atoms with Gasteiger partial charge in [0.25, 0.3) is 0 Å². The summed E-state index contributed by atoms with van der Waals surface area (Å²) < 4.78 is 4.83. The van der Waals surface area contributed by atoms with E-state index in [4.69, 9.17) is 9.84 Å². The van der Waals surface area contributed by atoms with Crippen LogP contribution in [-0.4, -0.2) is 30.1 Å². The molecule has 2 rings (SSSR count). The molecule has 6 nitrogen and oxygen atoms in total. The minimum atomic E-state index is -1.03. The molecule has 0 aliphatic heterocycles. The summed E-state index contributed by atoms with van der Waals surface area (Å²) in [6.07, 6.45) is 2.33. The number of hydrogen-bond acceptors (Lipinski definition) is 5. The lowest BCUT2D eigenvalue weighted by Crippen LogP contribution is -2.16.